The molecule has 2 nitrogen and oxygen atoms in total. The van der Waals surface area contributed by atoms with E-state index in [1.54, 1.807) is 0 Å². The molecule has 92 valence electrons. The Kier molecular flexibility index (Phi) is 2.11. The van der Waals surface area contributed by atoms with Crippen molar-refractivity contribution < 1.29 is 4.21 Å². The predicted octanol–water partition coefficient (Wildman–Crippen LogP) is 2.00. The first kappa shape index (κ1) is 11.1. The van der Waals surface area contributed by atoms with Crippen LogP contribution in [0.15, 0.2) is 0 Å². The van der Waals surface area contributed by atoms with E-state index in [2.05, 4.69) is 30.6 Å². The monoisotopic (exact) mass is 241 g/mol. The number of nitrogens with zero attached hydrogens (tertiary/aromatic N) is 1. The Hall–Kier alpha value is -0.0200. The molecule has 0 radical (unpaired) electrons. The van der Waals surface area contributed by atoms with Gasteiger partial charge in [-0.15, -0.1) is 0 Å². The summed E-state index contributed by atoms with van der Waals surface area (Å²) in [6.07, 6.45) is 5.84. The lowest BCUT2D eigenvalue weighted by atomic mass is 9.73. The lowest BCUT2D eigenvalue weighted by Crippen LogP contribution is -2.40. The van der Waals surface area contributed by atoms with Gasteiger partial charge < -0.3 is 0 Å². The Morgan fingerprint density at radius 3 is 2.81 bits per heavy atom. The molecule has 1 spiro atoms. The maximum absolute atomic E-state index is 12.6. The van der Waals surface area contributed by atoms with E-state index in [-0.39, 0.29) is 0 Å². The smallest absolute Gasteiger partial charge is 0.0319 e. The summed E-state index contributed by atoms with van der Waals surface area (Å²) in [6, 6.07) is 0.566. The molecule has 5 unspecified atom stereocenters. The van der Waals surface area contributed by atoms with Gasteiger partial charge in [0.1, 0.15) is 0 Å². The summed E-state index contributed by atoms with van der Waals surface area (Å²) in [5, 5.41) is 2.25. The second kappa shape index (κ2) is 3.05. The molecule has 0 saturated heterocycles. The number of rotatable bonds is 1. The van der Waals surface area contributed by atoms with Crippen molar-refractivity contribution in [3.63, 3.8) is 0 Å². The SMILES string of the molecule is CC(C)C1C2CCC13C=S(C)(=O)N(C)C3C2. The van der Waals surface area contributed by atoms with Gasteiger partial charge in [0.05, 0.1) is 0 Å². The van der Waals surface area contributed by atoms with Crippen LogP contribution in [-0.2, 0) is 9.71 Å². The van der Waals surface area contributed by atoms with Crippen LogP contribution in [0.3, 0.4) is 0 Å². The molecule has 16 heavy (non-hydrogen) atoms. The lowest BCUT2D eigenvalue weighted by molar-refractivity contribution is 0.199. The molecule has 5 atom stereocenters. The molecule has 3 heteroatoms. The highest BCUT2D eigenvalue weighted by Gasteiger charge is 2.63. The van der Waals surface area contributed by atoms with Gasteiger partial charge in [0.25, 0.3) is 0 Å². The van der Waals surface area contributed by atoms with E-state index >= 15 is 0 Å². The minimum absolute atomic E-state index is 0.291. The van der Waals surface area contributed by atoms with E-state index in [9.17, 15) is 4.21 Å². The quantitative estimate of drug-likeness (QED) is 0.643. The molecule has 2 bridgehead atoms. The largest absolute Gasteiger partial charge is 0.253 e. The highest BCUT2D eigenvalue weighted by Crippen LogP contribution is 2.63. The van der Waals surface area contributed by atoms with Crippen LogP contribution in [-0.4, -0.2) is 33.2 Å². The van der Waals surface area contributed by atoms with Crippen molar-refractivity contribution in [2.24, 2.45) is 23.2 Å². The van der Waals surface area contributed by atoms with Gasteiger partial charge in [-0.3, -0.25) is 4.21 Å². The molecule has 1 heterocycles. The van der Waals surface area contributed by atoms with Crippen LogP contribution in [0.25, 0.3) is 0 Å². The Labute approximate surface area is 99.5 Å². The fourth-order valence-corrected chi connectivity index (χ4v) is 7.19. The van der Waals surface area contributed by atoms with Crippen molar-refractivity contribution in [1.29, 1.82) is 0 Å². The minimum Gasteiger partial charge on any atom is -0.253 e. The second-order valence-electron chi connectivity index (χ2n) is 6.46. The maximum Gasteiger partial charge on any atom is 0.0319 e. The van der Waals surface area contributed by atoms with E-state index in [1.165, 1.54) is 19.3 Å². The molecule has 3 aliphatic rings. The first-order valence-corrected chi connectivity index (χ1v) is 8.45. The third-order valence-electron chi connectivity index (χ3n) is 5.39. The predicted molar refractivity (Wildman–Crippen MR) is 69.8 cm³/mol. The lowest BCUT2D eigenvalue weighted by Gasteiger charge is -2.34. The van der Waals surface area contributed by atoms with Crippen LogP contribution < -0.4 is 0 Å². The van der Waals surface area contributed by atoms with E-state index in [4.69, 9.17) is 0 Å². The van der Waals surface area contributed by atoms with Crippen LogP contribution in [0.1, 0.15) is 33.1 Å². The third-order valence-corrected chi connectivity index (χ3v) is 7.66. The zero-order chi connectivity index (χ0) is 11.7. The highest BCUT2D eigenvalue weighted by atomic mass is 32.2. The summed E-state index contributed by atoms with van der Waals surface area (Å²) in [5.74, 6) is 2.40. The van der Waals surface area contributed by atoms with Crippen LogP contribution in [0.5, 0.6) is 0 Å². The van der Waals surface area contributed by atoms with E-state index in [0.717, 1.165) is 17.8 Å². The summed E-state index contributed by atoms with van der Waals surface area (Å²) >= 11 is 0. The molecule has 2 saturated carbocycles. The first-order valence-electron chi connectivity index (χ1n) is 6.46. The summed E-state index contributed by atoms with van der Waals surface area (Å²) in [6.45, 7) is 4.69. The highest BCUT2D eigenvalue weighted by molar-refractivity contribution is 7.98. The molecule has 0 amide bonds. The van der Waals surface area contributed by atoms with Crippen LogP contribution in [0, 0.1) is 23.2 Å². The van der Waals surface area contributed by atoms with E-state index in [0.29, 0.717) is 11.5 Å². The molecular formula is C13H23NOS. The van der Waals surface area contributed by atoms with Crippen molar-refractivity contribution in [3.8, 4) is 0 Å². The number of hydrogen-bond acceptors (Lipinski definition) is 1. The average Bonchev–Trinajstić information content (AvgIpc) is 2.71. The van der Waals surface area contributed by atoms with E-state index < -0.39 is 9.71 Å². The Morgan fingerprint density at radius 2 is 2.19 bits per heavy atom. The average molecular weight is 241 g/mol. The van der Waals surface area contributed by atoms with Crippen molar-refractivity contribution in [2.45, 2.75) is 39.2 Å². The van der Waals surface area contributed by atoms with Crippen molar-refractivity contribution in [1.82, 2.24) is 4.31 Å². The van der Waals surface area contributed by atoms with Gasteiger partial charge in [0, 0.05) is 27.4 Å². The number of fused-ring (bicyclic) bond motifs is 1. The minimum atomic E-state index is -1.84. The van der Waals surface area contributed by atoms with Crippen molar-refractivity contribution >= 4 is 15.1 Å². The van der Waals surface area contributed by atoms with Crippen LogP contribution >= 0.6 is 0 Å². The molecule has 1 aliphatic heterocycles. The molecule has 0 aromatic rings. The third kappa shape index (κ3) is 1.11. The summed E-state index contributed by atoms with van der Waals surface area (Å²) in [4.78, 5) is 0. The topological polar surface area (TPSA) is 20.3 Å². The molecular weight excluding hydrogens is 218 g/mol. The Morgan fingerprint density at radius 1 is 1.50 bits per heavy atom. The summed E-state index contributed by atoms with van der Waals surface area (Å²) < 4.78 is 14.7. The molecule has 0 aromatic heterocycles. The Bertz CT molecular complexity index is 435. The molecule has 2 aliphatic carbocycles. The standard InChI is InChI=1S/C13H23NOS/c1-9(2)12-10-5-6-13(12)8-16(4,15)14(3)11(13)7-10/h8-12H,5-7H2,1-4H3. The zero-order valence-electron chi connectivity index (χ0n) is 10.8. The van der Waals surface area contributed by atoms with Gasteiger partial charge >= 0.3 is 0 Å². The summed E-state index contributed by atoms with van der Waals surface area (Å²) in [5.41, 5.74) is 0.291. The van der Waals surface area contributed by atoms with Crippen LogP contribution in [0.4, 0.5) is 0 Å². The normalized spacial score (nSPS) is 55.7. The first-order chi connectivity index (χ1) is 7.38. The molecule has 2 fully saturated rings. The fourth-order valence-electron chi connectivity index (χ4n) is 4.99. The maximum atomic E-state index is 12.6. The van der Waals surface area contributed by atoms with E-state index in [1.807, 2.05) is 6.26 Å². The molecule has 0 aromatic carbocycles. The second-order valence-corrected chi connectivity index (χ2v) is 8.99. The van der Waals surface area contributed by atoms with Crippen LogP contribution in [0.2, 0.25) is 0 Å². The van der Waals surface area contributed by atoms with Gasteiger partial charge in [-0.05, 0) is 49.4 Å². The van der Waals surface area contributed by atoms with Gasteiger partial charge in [-0.25, -0.2) is 4.31 Å². The van der Waals surface area contributed by atoms with Gasteiger partial charge in [0.15, 0.2) is 0 Å². The van der Waals surface area contributed by atoms with Crippen molar-refractivity contribution in [3.05, 3.63) is 0 Å². The zero-order valence-corrected chi connectivity index (χ0v) is 11.6. The number of hydrogen-bond donors (Lipinski definition) is 0. The van der Waals surface area contributed by atoms with Gasteiger partial charge in [-0.2, -0.15) is 0 Å². The van der Waals surface area contributed by atoms with Gasteiger partial charge in [-0.1, -0.05) is 13.8 Å². The van der Waals surface area contributed by atoms with Crippen molar-refractivity contribution in [2.75, 3.05) is 13.3 Å². The summed E-state index contributed by atoms with van der Waals surface area (Å²) in [7, 11) is 0.230. The fraction of sp³-hybridized carbons (Fsp3) is 0.923. The van der Waals surface area contributed by atoms with Gasteiger partial charge in [0.2, 0.25) is 0 Å². The molecule has 0 N–H and O–H groups in total. The molecule has 3 rings (SSSR count). The Balaban J connectivity index is 2.13.